The molecule has 1 aliphatic heterocycles. The SMILES string of the molecule is Cc1ccc(F)cc1C1(c2noc(C3CC34CCS(=O)(=O)CC4)n2)CC1. The second kappa shape index (κ2) is 5.15. The summed E-state index contributed by atoms with van der Waals surface area (Å²) >= 11 is 0. The first-order valence-electron chi connectivity index (χ1n) is 9.15. The Morgan fingerprint density at radius 1 is 1.19 bits per heavy atom. The van der Waals surface area contributed by atoms with Gasteiger partial charge < -0.3 is 4.52 Å². The van der Waals surface area contributed by atoms with Gasteiger partial charge in [0.15, 0.2) is 5.82 Å². The van der Waals surface area contributed by atoms with E-state index in [0.29, 0.717) is 24.6 Å². The number of aryl methyl sites for hydroxylation is 1. The fourth-order valence-corrected chi connectivity index (χ4v) is 6.25. The molecule has 26 heavy (non-hydrogen) atoms. The Morgan fingerprint density at radius 3 is 2.62 bits per heavy atom. The molecule has 1 saturated heterocycles. The lowest BCUT2D eigenvalue weighted by atomic mass is 9.91. The van der Waals surface area contributed by atoms with Crippen LogP contribution in [-0.2, 0) is 15.3 Å². The largest absolute Gasteiger partial charge is 0.339 e. The Hall–Kier alpha value is -1.76. The van der Waals surface area contributed by atoms with E-state index >= 15 is 0 Å². The average Bonchev–Trinajstić information content (AvgIpc) is 3.50. The van der Waals surface area contributed by atoms with Crippen LogP contribution in [0, 0.1) is 18.2 Å². The molecule has 1 atom stereocenters. The number of hydrogen-bond acceptors (Lipinski definition) is 5. The molecule has 5 rings (SSSR count). The standard InChI is InChI=1S/C19H21FN2O3S/c1-12-2-3-13(20)10-14(12)19(4-5-19)17-21-16(25-22-17)15-11-18(15)6-8-26(23,24)9-7-18/h2-3,10,15H,4-9,11H2,1H3. The fraction of sp³-hybridized carbons (Fsp3) is 0.579. The lowest BCUT2D eigenvalue weighted by Crippen LogP contribution is -2.25. The highest BCUT2D eigenvalue weighted by Gasteiger charge is 2.60. The summed E-state index contributed by atoms with van der Waals surface area (Å²) in [7, 11) is -2.87. The predicted octanol–water partition coefficient (Wildman–Crippen LogP) is 3.28. The van der Waals surface area contributed by atoms with Crippen LogP contribution in [0.15, 0.2) is 22.7 Å². The maximum atomic E-state index is 13.8. The molecule has 5 nitrogen and oxygen atoms in total. The molecule has 1 aromatic carbocycles. The minimum absolute atomic E-state index is 0.0284. The highest BCUT2D eigenvalue weighted by atomic mass is 32.2. The zero-order valence-electron chi connectivity index (χ0n) is 14.7. The number of halogens is 1. The van der Waals surface area contributed by atoms with Crippen LogP contribution in [0.4, 0.5) is 4.39 Å². The van der Waals surface area contributed by atoms with Gasteiger partial charge in [0.1, 0.15) is 15.7 Å². The number of rotatable bonds is 3. The molecule has 1 unspecified atom stereocenters. The Kier molecular flexibility index (Phi) is 3.25. The second-order valence-electron chi connectivity index (χ2n) is 8.27. The molecule has 2 aromatic rings. The highest BCUT2D eigenvalue weighted by Crippen LogP contribution is 2.65. The Morgan fingerprint density at radius 2 is 1.92 bits per heavy atom. The van der Waals surface area contributed by atoms with E-state index in [2.05, 4.69) is 10.1 Å². The zero-order valence-corrected chi connectivity index (χ0v) is 15.5. The van der Waals surface area contributed by atoms with Crippen molar-refractivity contribution < 1.29 is 17.3 Å². The lowest BCUT2D eigenvalue weighted by molar-refractivity contribution is 0.343. The normalized spacial score (nSPS) is 27.4. The van der Waals surface area contributed by atoms with Crippen LogP contribution in [0.2, 0.25) is 0 Å². The first kappa shape index (κ1) is 16.4. The van der Waals surface area contributed by atoms with Crippen molar-refractivity contribution in [2.24, 2.45) is 5.41 Å². The summed E-state index contributed by atoms with van der Waals surface area (Å²) in [5.41, 5.74) is 1.68. The highest BCUT2D eigenvalue weighted by molar-refractivity contribution is 7.91. The monoisotopic (exact) mass is 376 g/mol. The summed E-state index contributed by atoms with van der Waals surface area (Å²) in [6.45, 7) is 1.98. The summed E-state index contributed by atoms with van der Waals surface area (Å²) in [6, 6.07) is 4.86. The molecule has 0 radical (unpaired) electrons. The molecule has 1 aromatic heterocycles. The van der Waals surface area contributed by atoms with E-state index in [-0.39, 0.29) is 34.1 Å². The third-order valence-corrected chi connectivity index (χ3v) is 8.30. The van der Waals surface area contributed by atoms with Crippen molar-refractivity contribution in [2.75, 3.05) is 11.5 Å². The van der Waals surface area contributed by atoms with E-state index < -0.39 is 9.84 Å². The molecular weight excluding hydrogens is 355 g/mol. The van der Waals surface area contributed by atoms with Gasteiger partial charge in [-0.25, -0.2) is 12.8 Å². The molecule has 138 valence electrons. The van der Waals surface area contributed by atoms with E-state index in [1.54, 1.807) is 12.1 Å². The fourth-order valence-electron chi connectivity index (χ4n) is 4.61. The van der Waals surface area contributed by atoms with Crippen LogP contribution in [0.1, 0.15) is 60.9 Å². The molecule has 3 fully saturated rings. The van der Waals surface area contributed by atoms with E-state index in [1.165, 1.54) is 6.07 Å². The summed E-state index contributed by atoms with van der Waals surface area (Å²) in [6.07, 6.45) is 4.09. The third-order valence-electron chi connectivity index (χ3n) is 6.64. The molecule has 2 saturated carbocycles. The maximum absolute atomic E-state index is 13.8. The van der Waals surface area contributed by atoms with Gasteiger partial charge in [0, 0.05) is 5.92 Å². The van der Waals surface area contributed by atoms with Crippen molar-refractivity contribution in [3.05, 3.63) is 46.9 Å². The van der Waals surface area contributed by atoms with Crippen LogP contribution >= 0.6 is 0 Å². The van der Waals surface area contributed by atoms with Gasteiger partial charge in [-0.05, 0) is 67.7 Å². The first-order chi connectivity index (χ1) is 12.3. The molecule has 1 spiro atoms. The second-order valence-corrected chi connectivity index (χ2v) is 10.6. The van der Waals surface area contributed by atoms with E-state index in [4.69, 9.17) is 4.52 Å². The molecule has 2 heterocycles. The van der Waals surface area contributed by atoms with Crippen molar-refractivity contribution >= 4 is 9.84 Å². The van der Waals surface area contributed by atoms with Crippen molar-refractivity contribution in [1.29, 1.82) is 0 Å². The summed E-state index contributed by atoms with van der Waals surface area (Å²) < 4.78 is 42.7. The number of nitrogens with zero attached hydrogens (tertiary/aromatic N) is 2. The van der Waals surface area contributed by atoms with Gasteiger partial charge in [-0.3, -0.25) is 0 Å². The number of hydrogen-bond donors (Lipinski definition) is 0. The van der Waals surface area contributed by atoms with E-state index in [9.17, 15) is 12.8 Å². The topological polar surface area (TPSA) is 73.1 Å². The van der Waals surface area contributed by atoms with Crippen LogP contribution in [0.25, 0.3) is 0 Å². The van der Waals surface area contributed by atoms with Gasteiger partial charge in [-0.1, -0.05) is 11.2 Å². The minimum Gasteiger partial charge on any atom is -0.339 e. The van der Waals surface area contributed by atoms with E-state index in [1.807, 2.05) is 6.92 Å². The van der Waals surface area contributed by atoms with Crippen LogP contribution in [0.3, 0.4) is 0 Å². The number of aromatic nitrogens is 2. The van der Waals surface area contributed by atoms with Crippen molar-refractivity contribution in [3.8, 4) is 0 Å². The van der Waals surface area contributed by atoms with Crippen LogP contribution in [0.5, 0.6) is 0 Å². The van der Waals surface area contributed by atoms with Gasteiger partial charge in [-0.2, -0.15) is 4.98 Å². The molecule has 0 bridgehead atoms. The molecule has 2 aliphatic carbocycles. The first-order valence-corrected chi connectivity index (χ1v) is 11.0. The number of benzene rings is 1. The summed E-state index contributed by atoms with van der Waals surface area (Å²) in [5.74, 6) is 1.72. The van der Waals surface area contributed by atoms with Crippen molar-refractivity contribution in [2.45, 2.75) is 50.4 Å². The Bertz CT molecular complexity index is 980. The van der Waals surface area contributed by atoms with Crippen LogP contribution < -0.4 is 0 Å². The predicted molar refractivity (Wildman–Crippen MR) is 93.1 cm³/mol. The van der Waals surface area contributed by atoms with Gasteiger partial charge >= 0.3 is 0 Å². The van der Waals surface area contributed by atoms with Gasteiger partial charge in [-0.15, -0.1) is 0 Å². The van der Waals surface area contributed by atoms with E-state index in [0.717, 1.165) is 30.4 Å². The maximum Gasteiger partial charge on any atom is 0.230 e. The molecule has 0 amide bonds. The molecule has 3 aliphatic rings. The van der Waals surface area contributed by atoms with Gasteiger partial charge in [0.05, 0.1) is 16.9 Å². The quantitative estimate of drug-likeness (QED) is 0.822. The Labute approximate surface area is 151 Å². The van der Waals surface area contributed by atoms with Crippen molar-refractivity contribution in [3.63, 3.8) is 0 Å². The smallest absolute Gasteiger partial charge is 0.230 e. The van der Waals surface area contributed by atoms with Gasteiger partial charge in [0.25, 0.3) is 0 Å². The summed E-state index contributed by atoms with van der Waals surface area (Å²) in [5, 5.41) is 4.24. The van der Waals surface area contributed by atoms with Crippen LogP contribution in [-0.4, -0.2) is 30.1 Å². The third kappa shape index (κ3) is 2.43. The minimum atomic E-state index is -2.87. The van der Waals surface area contributed by atoms with Gasteiger partial charge in [0.2, 0.25) is 5.89 Å². The average molecular weight is 376 g/mol. The zero-order chi connectivity index (χ0) is 18.2. The lowest BCUT2D eigenvalue weighted by Gasteiger charge is -2.21. The molecule has 7 heteroatoms. The van der Waals surface area contributed by atoms with Crippen molar-refractivity contribution in [1.82, 2.24) is 10.1 Å². The number of sulfone groups is 1. The molecular formula is C19H21FN2O3S. The Balaban J connectivity index is 1.41. The summed E-state index contributed by atoms with van der Waals surface area (Å²) in [4.78, 5) is 4.69. The molecule has 0 N–H and O–H groups in total.